The third kappa shape index (κ3) is 3.73. The Hall–Kier alpha value is -1.62. The fourth-order valence-electron chi connectivity index (χ4n) is 2.70. The first-order valence-corrected chi connectivity index (χ1v) is 7.64. The average molecular weight is 289 g/mol. The van der Waals surface area contributed by atoms with E-state index in [0.717, 1.165) is 30.9 Å². The molecule has 5 nitrogen and oxygen atoms in total. The lowest BCUT2D eigenvalue weighted by Gasteiger charge is -2.09. The van der Waals surface area contributed by atoms with Gasteiger partial charge in [-0.05, 0) is 45.4 Å². The van der Waals surface area contributed by atoms with Gasteiger partial charge in [0.1, 0.15) is 0 Å². The number of hydrogen-bond donors (Lipinski definition) is 1. The smallest absolute Gasteiger partial charge is 0.0831 e. The molecule has 0 radical (unpaired) electrons. The van der Waals surface area contributed by atoms with Crippen LogP contribution in [0.25, 0.3) is 0 Å². The topological polar surface area (TPSA) is 47.7 Å². The van der Waals surface area contributed by atoms with Gasteiger partial charge >= 0.3 is 0 Å². The monoisotopic (exact) mass is 289 g/mol. The average Bonchev–Trinajstić information content (AvgIpc) is 2.83. The summed E-state index contributed by atoms with van der Waals surface area (Å²) in [5.74, 6) is 0. The van der Waals surface area contributed by atoms with Crippen LogP contribution in [0.3, 0.4) is 0 Å². The Bertz CT molecular complexity index is 606. The minimum Gasteiger partial charge on any atom is -0.314 e. The van der Waals surface area contributed by atoms with Crippen LogP contribution in [0.5, 0.6) is 0 Å². The zero-order valence-electron chi connectivity index (χ0n) is 14.1. The summed E-state index contributed by atoms with van der Waals surface area (Å²) in [4.78, 5) is 0. The van der Waals surface area contributed by atoms with E-state index in [2.05, 4.69) is 48.9 Å². The number of nitrogens with zero attached hydrogens (tertiary/aromatic N) is 4. The summed E-state index contributed by atoms with van der Waals surface area (Å²) < 4.78 is 4.03. The highest BCUT2D eigenvalue weighted by Crippen LogP contribution is 2.15. The molecule has 21 heavy (non-hydrogen) atoms. The lowest BCUT2D eigenvalue weighted by molar-refractivity contribution is 0.586. The summed E-state index contributed by atoms with van der Waals surface area (Å²) in [6, 6.07) is 2.65. The Labute approximate surface area is 127 Å². The van der Waals surface area contributed by atoms with Crippen LogP contribution >= 0.6 is 0 Å². The quantitative estimate of drug-likeness (QED) is 0.886. The Kier molecular flexibility index (Phi) is 4.83. The molecule has 2 aromatic heterocycles. The molecule has 0 spiro atoms. The molecule has 0 bridgehead atoms. The number of aromatic nitrogens is 4. The molecule has 0 amide bonds. The van der Waals surface area contributed by atoms with Crippen LogP contribution in [-0.4, -0.2) is 32.1 Å². The summed E-state index contributed by atoms with van der Waals surface area (Å²) in [6.45, 7) is 12.4. The lowest BCUT2D eigenvalue weighted by atomic mass is 10.1. The van der Waals surface area contributed by atoms with Crippen molar-refractivity contribution in [2.45, 2.75) is 53.6 Å². The molecule has 0 aliphatic rings. The van der Waals surface area contributed by atoms with Crippen molar-refractivity contribution in [1.29, 1.82) is 0 Å². The molecule has 2 aromatic rings. The first-order valence-electron chi connectivity index (χ1n) is 7.64. The SMILES string of the molecule is Cc1cc(Cn2nc(C)c(CCNC(C)C)c2C)n(C)n1. The minimum atomic E-state index is 0.526. The molecule has 116 valence electrons. The Balaban J connectivity index is 2.13. The van der Waals surface area contributed by atoms with Gasteiger partial charge in [-0.25, -0.2) is 0 Å². The van der Waals surface area contributed by atoms with Gasteiger partial charge in [0.2, 0.25) is 0 Å². The number of nitrogens with one attached hydrogen (secondary N) is 1. The van der Waals surface area contributed by atoms with Crippen molar-refractivity contribution in [1.82, 2.24) is 24.9 Å². The summed E-state index contributed by atoms with van der Waals surface area (Å²) in [6.07, 6.45) is 1.03. The van der Waals surface area contributed by atoms with Gasteiger partial charge in [0.25, 0.3) is 0 Å². The maximum absolute atomic E-state index is 4.70. The van der Waals surface area contributed by atoms with Crippen molar-refractivity contribution < 1.29 is 0 Å². The van der Waals surface area contributed by atoms with Gasteiger partial charge in [-0.3, -0.25) is 9.36 Å². The molecule has 2 heterocycles. The molecule has 0 atom stereocenters. The predicted octanol–water partition coefficient (Wildman–Crippen LogP) is 2.13. The number of aryl methyl sites for hydroxylation is 3. The fraction of sp³-hybridized carbons (Fsp3) is 0.625. The largest absolute Gasteiger partial charge is 0.314 e. The molecule has 0 aliphatic carbocycles. The van der Waals surface area contributed by atoms with E-state index in [4.69, 9.17) is 5.10 Å². The Morgan fingerprint density at radius 1 is 1.19 bits per heavy atom. The van der Waals surface area contributed by atoms with Crippen LogP contribution in [0.15, 0.2) is 6.07 Å². The van der Waals surface area contributed by atoms with E-state index in [9.17, 15) is 0 Å². The minimum absolute atomic E-state index is 0.526. The second kappa shape index (κ2) is 6.43. The molecule has 0 saturated carbocycles. The number of rotatable bonds is 6. The van der Waals surface area contributed by atoms with Gasteiger partial charge in [-0.15, -0.1) is 0 Å². The van der Waals surface area contributed by atoms with E-state index in [1.165, 1.54) is 17.0 Å². The third-order valence-corrected chi connectivity index (χ3v) is 3.87. The molecule has 0 fully saturated rings. The maximum atomic E-state index is 4.70. The van der Waals surface area contributed by atoms with Crippen molar-refractivity contribution in [3.8, 4) is 0 Å². The van der Waals surface area contributed by atoms with Crippen molar-refractivity contribution in [3.63, 3.8) is 0 Å². The van der Waals surface area contributed by atoms with Crippen LogP contribution < -0.4 is 5.32 Å². The summed E-state index contributed by atoms with van der Waals surface area (Å²) in [7, 11) is 1.99. The highest BCUT2D eigenvalue weighted by Gasteiger charge is 2.13. The van der Waals surface area contributed by atoms with E-state index in [0.29, 0.717) is 6.04 Å². The highest BCUT2D eigenvalue weighted by atomic mass is 15.3. The van der Waals surface area contributed by atoms with Crippen LogP contribution in [-0.2, 0) is 20.0 Å². The molecule has 0 unspecified atom stereocenters. The van der Waals surface area contributed by atoms with E-state index in [1.54, 1.807) is 0 Å². The van der Waals surface area contributed by atoms with Crippen molar-refractivity contribution in [3.05, 3.63) is 34.4 Å². The Morgan fingerprint density at radius 2 is 1.90 bits per heavy atom. The van der Waals surface area contributed by atoms with E-state index in [1.807, 2.05) is 18.7 Å². The van der Waals surface area contributed by atoms with Crippen LogP contribution in [0.1, 0.15) is 42.2 Å². The summed E-state index contributed by atoms with van der Waals surface area (Å²) in [5, 5.41) is 12.6. The second-order valence-electron chi connectivity index (χ2n) is 6.07. The van der Waals surface area contributed by atoms with E-state index in [-0.39, 0.29) is 0 Å². The van der Waals surface area contributed by atoms with Gasteiger partial charge in [-0.1, -0.05) is 13.8 Å². The van der Waals surface area contributed by atoms with Crippen molar-refractivity contribution in [2.75, 3.05) is 6.54 Å². The summed E-state index contributed by atoms with van der Waals surface area (Å²) >= 11 is 0. The first kappa shape index (κ1) is 15.8. The first-order chi connectivity index (χ1) is 9.88. The molecule has 2 rings (SSSR count). The van der Waals surface area contributed by atoms with Crippen LogP contribution in [0.2, 0.25) is 0 Å². The van der Waals surface area contributed by atoms with Crippen LogP contribution in [0.4, 0.5) is 0 Å². The fourth-order valence-corrected chi connectivity index (χ4v) is 2.70. The summed E-state index contributed by atoms with van der Waals surface area (Å²) in [5.41, 5.74) is 6.00. The zero-order chi connectivity index (χ0) is 15.6. The van der Waals surface area contributed by atoms with Crippen molar-refractivity contribution in [2.24, 2.45) is 7.05 Å². The molecule has 0 aromatic carbocycles. The third-order valence-electron chi connectivity index (χ3n) is 3.87. The molecular formula is C16H27N5. The Morgan fingerprint density at radius 3 is 2.48 bits per heavy atom. The highest BCUT2D eigenvalue weighted by molar-refractivity contribution is 5.25. The normalized spacial score (nSPS) is 11.6. The molecule has 0 aliphatic heterocycles. The second-order valence-corrected chi connectivity index (χ2v) is 6.07. The molecule has 1 N–H and O–H groups in total. The molecular weight excluding hydrogens is 262 g/mol. The zero-order valence-corrected chi connectivity index (χ0v) is 14.1. The van der Waals surface area contributed by atoms with Gasteiger partial charge in [0, 0.05) is 18.8 Å². The van der Waals surface area contributed by atoms with Gasteiger partial charge < -0.3 is 5.32 Å². The van der Waals surface area contributed by atoms with Gasteiger partial charge in [0.05, 0.1) is 23.6 Å². The van der Waals surface area contributed by atoms with E-state index < -0.39 is 0 Å². The van der Waals surface area contributed by atoms with E-state index >= 15 is 0 Å². The molecule has 0 saturated heterocycles. The predicted molar refractivity (Wildman–Crippen MR) is 85.6 cm³/mol. The maximum Gasteiger partial charge on any atom is 0.0831 e. The standard InChI is InChI=1S/C16H27N5/c1-11(2)17-8-7-16-13(4)19-21(14(16)5)10-15-9-12(3)18-20(15)6/h9,11,17H,7-8,10H2,1-6H3. The van der Waals surface area contributed by atoms with Gasteiger partial charge in [0.15, 0.2) is 0 Å². The lowest BCUT2D eigenvalue weighted by Crippen LogP contribution is -2.25. The molecule has 5 heteroatoms. The van der Waals surface area contributed by atoms with Crippen LogP contribution in [0, 0.1) is 20.8 Å². The van der Waals surface area contributed by atoms with Crippen molar-refractivity contribution >= 4 is 0 Å². The van der Waals surface area contributed by atoms with Gasteiger partial charge in [-0.2, -0.15) is 10.2 Å². The number of hydrogen-bond acceptors (Lipinski definition) is 3.